The number of nitrogens with two attached hydrogens (primary N) is 1. The molecule has 1 aliphatic rings. The fraction of sp³-hybridized carbons (Fsp3) is 0.316. The van der Waals surface area contributed by atoms with Crippen LogP contribution in [0.2, 0.25) is 0 Å². The summed E-state index contributed by atoms with van der Waals surface area (Å²) in [7, 11) is 0. The predicted molar refractivity (Wildman–Crippen MR) is 110 cm³/mol. The third-order valence-electron chi connectivity index (χ3n) is 4.26. The van der Waals surface area contributed by atoms with Gasteiger partial charge in [0.05, 0.1) is 5.56 Å². The lowest BCUT2D eigenvalue weighted by Crippen LogP contribution is -2.37. The molecule has 142 valence electrons. The summed E-state index contributed by atoms with van der Waals surface area (Å²) in [4.78, 5) is 25.2. The Morgan fingerprint density at radius 2 is 1.89 bits per heavy atom. The molecule has 1 aromatic heterocycles. The van der Waals surface area contributed by atoms with Gasteiger partial charge in [-0.05, 0) is 55.6 Å². The Labute approximate surface area is 167 Å². The number of primary amides is 1. The first-order valence-corrected chi connectivity index (χ1v) is 10.00. The summed E-state index contributed by atoms with van der Waals surface area (Å²) in [6, 6.07) is 9.05. The Morgan fingerprint density at radius 3 is 2.63 bits per heavy atom. The zero-order chi connectivity index (χ0) is 19.2. The SMILES string of the molecule is NC(=O)c1c(NC(=S)NC(=O)COc2ccccc2)sc2c1CCCCC2. The molecule has 0 saturated carbocycles. The van der Waals surface area contributed by atoms with E-state index in [9.17, 15) is 9.59 Å². The first kappa shape index (κ1) is 19.3. The highest BCUT2D eigenvalue weighted by Crippen LogP contribution is 2.37. The minimum Gasteiger partial charge on any atom is -0.484 e. The average Bonchev–Trinajstić information content (AvgIpc) is 2.81. The number of hydrogen-bond acceptors (Lipinski definition) is 5. The second kappa shape index (κ2) is 8.96. The topological polar surface area (TPSA) is 93.5 Å². The van der Waals surface area contributed by atoms with Crippen molar-refractivity contribution in [3.8, 4) is 5.75 Å². The molecule has 0 spiro atoms. The van der Waals surface area contributed by atoms with Gasteiger partial charge in [-0.1, -0.05) is 24.6 Å². The lowest BCUT2D eigenvalue weighted by Gasteiger charge is -2.10. The number of thiocarbonyl (C=S) groups is 1. The predicted octanol–water partition coefficient (Wildman–Crippen LogP) is 3.01. The highest BCUT2D eigenvalue weighted by molar-refractivity contribution is 7.80. The zero-order valence-electron chi connectivity index (χ0n) is 14.7. The standard InChI is InChI=1S/C19H21N3O3S2/c20-17(24)16-13-9-5-2-6-10-14(13)27-18(16)22-19(26)21-15(23)11-25-12-7-3-1-4-8-12/h1,3-4,7-8H,2,5-6,9-11H2,(H2,20,24)(H2,21,22,23,26). The summed E-state index contributed by atoms with van der Waals surface area (Å²) in [6.07, 6.45) is 5.07. The number of aryl methyl sites for hydroxylation is 1. The van der Waals surface area contributed by atoms with Crippen molar-refractivity contribution in [2.24, 2.45) is 5.73 Å². The van der Waals surface area contributed by atoms with Gasteiger partial charge in [-0.2, -0.15) is 0 Å². The van der Waals surface area contributed by atoms with Crippen LogP contribution < -0.4 is 21.1 Å². The van der Waals surface area contributed by atoms with Crippen LogP contribution in [0.1, 0.15) is 40.1 Å². The summed E-state index contributed by atoms with van der Waals surface area (Å²) in [6.45, 7) is -0.157. The molecule has 8 heteroatoms. The Balaban J connectivity index is 1.62. The van der Waals surface area contributed by atoms with Crippen LogP contribution >= 0.6 is 23.6 Å². The van der Waals surface area contributed by atoms with Crippen molar-refractivity contribution in [2.75, 3.05) is 11.9 Å². The Kier molecular flexibility index (Phi) is 6.41. The van der Waals surface area contributed by atoms with Crippen molar-refractivity contribution in [1.29, 1.82) is 0 Å². The second-order valence-electron chi connectivity index (χ2n) is 6.24. The number of thiophene rings is 1. The summed E-state index contributed by atoms with van der Waals surface area (Å²) in [5.74, 6) is -0.252. The van der Waals surface area contributed by atoms with E-state index in [-0.39, 0.29) is 17.6 Å². The van der Waals surface area contributed by atoms with Crippen molar-refractivity contribution in [2.45, 2.75) is 32.1 Å². The number of carbonyl (C=O) groups excluding carboxylic acids is 2. The van der Waals surface area contributed by atoms with E-state index in [1.54, 1.807) is 12.1 Å². The zero-order valence-corrected chi connectivity index (χ0v) is 16.4. The molecule has 1 aliphatic carbocycles. The third kappa shape index (κ3) is 5.05. The van der Waals surface area contributed by atoms with Gasteiger partial charge in [0.25, 0.3) is 11.8 Å². The molecular weight excluding hydrogens is 382 g/mol. The summed E-state index contributed by atoms with van der Waals surface area (Å²) < 4.78 is 5.39. The molecule has 4 N–H and O–H groups in total. The van der Waals surface area contributed by atoms with Crippen LogP contribution in [0.3, 0.4) is 0 Å². The van der Waals surface area contributed by atoms with E-state index in [0.29, 0.717) is 16.3 Å². The number of para-hydroxylation sites is 1. The van der Waals surface area contributed by atoms with Gasteiger partial charge < -0.3 is 15.8 Å². The molecule has 2 aromatic rings. The van der Waals surface area contributed by atoms with Gasteiger partial charge in [-0.3, -0.25) is 14.9 Å². The normalized spacial score (nSPS) is 13.2. The van der Waals surface area contributed by atoms with Gasteiger partial charge in [0.2, 0.25) is 0 Å². The molecule has 0 atom stereocenters. The van der Waals surface area contributed by atoms with Crippen LogP contribution in [-0.2, 0) is 17.6 Å². The van der Waals surface area contributed by atoms with Crippen molar-refractivity contribution in [3.05, 3.63) is 46.3 Å². The quantitative estimate of drug-likeness (QED) is 0.527. The van der Waals surface area contributed by atoms with Crippen LogP contribution in [0.15, 0.2) is 30.3 Å². The average molecular weight is 404 g/mol. The number of fused-ring (bicyclic) bond motifs is 1. The first-order chi connectivity index (χ1) is 13.0. The van der Waals surface area contributed by atoms with E-state index in [0.717, 1.165) is 37.7 Å². The van der Waals surface area contributed by atoms with Gasteiger partial charge in [0.15, 0.2) is 11.7 Å². The molecule has 0 unspecified atom stereocenters. The molecule has 0 radical (unpaired) electrons. The van der Waals surface area contributed by atoms with Gasteiger partial charge in [0.1, 0.15) is 10.8 Å². The third-order valence-corrected chi connectivity index (χ3v) is 5.67. The van der Waals surface area contributed by atoms with Crippen LogP contribution in [0, 0.1) is 0 Å². The number of nitrogens with one attached hydrogen (secondary N) is 2. The van der Waals surface area contributed by atoms with Crippen LogP contribution in [0.5, 0.6) is 5.75 Å². The highest BCUT2D eigenvalue weighted by atomic mass is 32.1. The molecule has 0 bridgehead atoms. The Bertz CT molecular complexity index is 849. The summed E-state index contributed by atoms with van der Waals surface area (Å²) >= 11 is 6.70. The lowest BCUT2D eigenvalue weighted by molar-refractivity contribution is -0.121. The van der Waals surface area contributed by atoms with E-state index in [2.05, 4.69) is 10.6 Å². The van der Waals surface area contributed by atoms with Gasteiger partial charge >= 0.3 is 0 Å². The van der Waals surface area contributed by atoms with Gasteiger partial charge in [-0.25, -0.2) is 0 Å². The Hall–Kier alpha value is -2.45. The number of hydrogen-bond donors (Lipinski definition) is 3. The molecule has 6 nitrogen and oxygen atoms in total. The van der Waals surface area contributed by atoms with Crippen molar-refractivity contribution >= 4 is 45.5 Å². The molecule has 3 rings (SSSR count). The largest absolute Gasteiger partial charge is 0.484 e. The minimum absolute atomic E-state index is 0.121. The van der Waals surface area contributed by atoms with Gasteiger partial charge in [0, 0.05) is 4.88 Å². The highest BCUT2D eigenvalue weighted by Gasteiger charge is 2.23. The smallest absolute Gasteiger partial charge is 0.264 e. The number of rotatable bonds is 5. The van der Waals surface area contributed by atoms with Crippen LogP contribution in [0.25, 0.3) is 0 Å². The molecule has 27 heavy (non-hydrogen) atoms. The fourth-order valence-electron chi connectivity index (χ4n) is 3.05. The van der Waals surface area contributed by atoms with E-state index < -0.39 is 5.91 Å². The number of ether oxygens (including phenoxy) is 1. The number of carbonyl (C=O) groups is 2. The summed E-state index contributed by atoms with van der Waals surface area (Å²) in [5.41, 5.74) is 7.12. The first-order valence-electron chi connectivity index (χ1n) is 8.77. The van der Waals surface area contributed by atoms with E-state index >= 15 is 0 Å². The molecular formula is C19H21N3O3S2. The van der Waals surface area contributed by atoms with Crippen molar-refractivity contribution < 1.29 is 14.3 Å². The molecule has 0 saturated heterocycles. The van der Waals surface area contributed by atoms with E-state index in [1.165, 1.54) is 16.2 Å². The maximum Gasteiger partial charge on any atom is 0.264 e. The van der Waals surface area contributed by atoms with E-state index in [1.807, 2.05) is 18.2 Å². The second-order valence-corrected chi connectivity index (χ2v) is 7.75. The van der Waals surface area contributed by atoms with Crippen molar-refractivity contribution in [1.82, 2.24) is 5.32 Å². The van der Waals surface area contributed by atoms with Crippen molar-refractivity contribution in [3.63, 3.8) is 0 Å². The maximum atomic E-state index is 12.0. The minimum atomic E-state index is -0.474. The molecule has 1 aromatic carbocycles. The lowest BCUT2D eigenvalue weighted by atomic mass is 10.1. The van der Waals surface area contributed by atoms with Crippen LogP contribution in [-0.4, -0.2) is 23.5 Å². The van der Waals surface area contributed by atoms with Crippen LogP contribution in [0.4, 0.5) is 5.00 Å². The van der Waals surface area contributed by atoms with Gasteiger partial charge in [-0.15, -0.1) is 11.3 Å². The fourth-order valence-corrected chi connectivity index (χ4v) is 4.63. The number of amides is 2. The maximum absolute atomic E-state index is 12.0. The Morgan fingerprint density at radius 1 is 1.15 bits per heavy atom. The molecule has 1 heterocycles. The summed E-state index contributed by atoms with van der Waals surface area (Å²) in [5, 5.41) is 6.25. The van der Waals surface area contributed by atoms with E-state index in [4.69, 9.17) is 22.7 Å². The monoisotopic (exact) mass is 403 g/mol. The molecule has 0 aliphatic heterocycles. The molecule has 2 amide bonds. The number of benzene rings is 1. The number of anilines is 1. The molecule has 0 fully saturated rings.